The van der Waals surface area contributed by atoms with Gasteiger partial charge >= 0.3 is 0 Å². The van der Waals surface area contributed by atoms with Gasteiger partial charge in [0.05, 0.1) is 5.69 Å². The number of amides is 1. The number of hydrogen-bond donors (Lipinski definition) is 1. The Balaban J connectivity index is 1.66. The summed E-state index contributed by atoms with van der Waals surface area (Å²) in [5.41, 5.74) is 0.889. The zero-order valence-corrected chi connectivity index (χ0v) is 14.0. The Hall–Kier alpha value is -2.80. The van der Waals surface area contributed by atoms with Crippen LogP contribution in [-0.4, -0.2) is 17.0 Å². The second-order valence-corrected chi connectivity index (χ2v) is 6.09. The zero-order valence-electron chi connectivity index (χ0n) is 13.2. The Morgan fingerprint density at radius 1 is 1.16 bits per heavy atom. The molecule has 128 valence electrons. The summed E-state index contributed by atoms with van der Waals surface area (Å²) in [4.78, 5) is 16.4. The molecule has 1 amide bonds. The summed E-state index contributed by atoms with van der Waals surface area (Å²) in [6, 6.07) is 12.5. The number of anilines is 1. The van der Waals surface area contributed by atoms with Crippen LogP contribution < -0.4 is 10.1 Å². The van der Waals surface area contributed by atoms with E-state index in [4.69, 9.17) is 4.74 Å². The number of nitrogens with zero attached hydrogens (tertiary/aromatic N) is 1. The molecule has 0 saturated heterocycles. The predicted octanol–water partition coefficient (Wildman–Crippen LogP) is 4.49. The summed E-state index contributed by atoms with van der Waals surface area (Å²) in [5.74, 6) is -1.62. The number of carbonyl (C=O) groups is 1. The minimum Gasteiger partial charge on any atom is -0.481 e. The van der Waals surface area contributed by atoms with Gasteiger partial charge in [-0.15, -0.1) is 11.3 Å². The molecule has 3 rings (SSSR count). The van der Waals surface area contributed by atoms with E-state index in [1.54, 1.807) is 24.4 Å². The number of benzene rings is 2. The first-order chi connectivity index (χ1) is 12.0. The Morgan fingerprint density at radius 2 is 1.92 bits per heavy atom. The number of para-hydroxylation sites is 1. The van der Waals surface area contributed by atoms with Crippen molar-refractivity contribution in [2.24, 2.45) is 0 Å². The molecule has 0 aliphatic heterocycles. The molecule has 0 aliphatic carbocycles. The third-order valence-corrected chi connectivity index (χ3v) is 4.13. The molecule has 25 heavy (non-hydrogen) atoms. The first-order valence-electron chi connectivity index (χ1n) is 7.46. The minimum atomic E-state index is -0.944. The molecule has 1 heterocycles. The van der Waals surface area contributed by atoms with Crippen molar-refractivity contribution in [1.82, 2.24) is 4.98 Å². The van der Waals surface area contributed by atoms with E-state index in [1.165, 1.54) is 17.4 Å². The maximum atomic E-state index is 13.3. The number of nitrogens with one attached hydrogen (secondary N) is 1. The van der Waals surface area contributed by atoms with E-state index >= 15 is 0 Å². The second kappa shape index (κ2) is 7.40. The second-order valence-electron chi connectivity index (χ2n) is 5.23. The van der Waals surface area contributed by atoms with Gasteiger partial charge in [-0.3, -0.25) is 10.1 Å². The highest BCUT2D eigenvalue weighted by Gasteiger charge is 2.17. The van der Waals surface area contributed by atoms with Gasteiger partial charge in [-0.2, -0.15) is 0 Å². The molecule has 0 bridgehead atoms. The predicted molar refractivity (Wildman–Crippen MR) is 92.6 cm³/mol. The van der Waals surface area contributed by atoms with Crippen molar-refractivity contribution in [2.45, 2.75) is 13.0 Å². The lowest BCUT2D eigenvalue weighted by atomic mass is 10.2. The standard InChI is InChI=1S/C18H14F2N2O2S/c1-11(24-13-5-3-2-4-6-13)17(23)22-18-21-16(10-25-18)12-7-8-14(19)15(20)9-12/h2-11H,1H3,(H,21,22,23). The lowest BCUT2D eigenvalue weighted by Gasteiger charge is -2.13. The van der Waals surface area contributed by atoms with Crippen LogP contribution in [0.3, 0.4) is 0 Å². The van der Waals surface area contributed by atoms with Crippen molar-refractivity contribution in [1.29, 1.82) is 0 Å². The molecule has 0 aliphatic rings. The van der Waals surface area contributed by atoms with Crippen LogP contribution in [0.2, 0.25) is 0 Å². The van der Waals surface area contributed by atoms with Gasteiger partial charge in [-0.1, -0.05) is 18.2 Å². The van der Waals surface area contributed by atoms with Crippen LogP contribution >= 0.6 is 11.3 Å². The molecular weight excluding hydrogens is 346 g/mol. The Kier molecular flexibility index (Phi) is 5.04. The maximum Gasteiger partial charge on any atom is 0.266 e. The first kappa shape index (κ1) is 17.0. The van der Waals surface area contributed by atoms with Crippen LogP contribution in [0.5, 0.6) is 5.75 Å². The molecule has 4 nitrogen and oxygen atoms in total. The minimum absolute atomic E-state index is 0.352. The van der Waals surface area contributed by atoms with Gasteiger partial charge < -0.3 is 4.74 Å². The largest absolute Gasteiger partial charge is 0.481 e. The van der Waals surface area contributed by atoms with Crippen molar-refractivity contribution >= 4 is 22.4 Å². The summed E-state index contributed by atoms with van der Waals surface area (Å²) in [6.07, 6.45) is -0.710. The van der Waals surface area contributed by atoms with Crippen molar-refractivity contribution < 1.29 is 18.3 Å². The smallest absolute Gasteiger partial charge is 0.266 e. The van der Waals surface area contributed by atoms with Crippen LogP contribution in [0.1, 0.15) is 6.92 Å². The average Bonchev–Trinajstić information content (AvgIpc) is 3.06. The summed E-state index contributed by atoms with van der Waals surface area (Å²) in [5, 5.41) is 4.67. The van der Waals surface area contributed by atoms with E-state index in [1.807, 2.05) is 18.2 Å². The van der Waals surface area contributed by atoms with Gasteiger partial charge in [0.15, 0.2) is 22.9 Å². The molecule has 0 fully saturated rings. The number of aromatic nitrogens is 1. The quantitative estimate of drug-likeness (QED) is 0.729. The number of hydrogen-bond acceptors (Lipinski definition) is 4. The molecule has 1 aromatic heterocycles. The molecule has 1 unspecified atom stereocenters. The first-order valence-corrected chi connectivity index (χ1v) is 8.34. The average molecular weight is 360 g/mol. The molecular formula is C18H14F2N2O2S. The highest BCUT2D eigenvalue weighted by Crippen LogP contribution is 2.26. The molecule has 1 N–H and O–H groups in total. The Morgan fingerprint density at radius 3 is 2.64 bits per heavy atom. The van der Waals surface area contributed by atoms with Gasteiger partial charge in [0.25, 0.3) is 5.91 Å². The highest BCUT2D eigenvalue weighted by atomic mass is 32.1. The molecule has 0 saturated carbocycles. The van der Waals surface area contributed by atoms with Crippen LogP contribution in [-0.2, 0) is 4.79 Å². The van der Waals surface area contributed by atoms with E-state index in [2.05, 4.69) is 10.3 Å². The lowest BCUT2D eigenvalue weighted by Crippen LogP contribution is -2.30. The number of thiazole rings is 1. The third-order valence-electron chi connectivity index (χ3n) is 3.37. The number of halogens is 2. The van der Waals surface area contributed by atoms with Crippen molar-refractivity contribution in [3.63, 3.8) is 0 Å². The molecule has 0 spiro atoms. The lowest BCUT2D eigenvalue weighted by molar-refractivity contribution is -0.122. The van der Waals surface area contributed by atoms with Gasteiger partial charge in [-0.25, -0.2) is 13.8 Å². The van der Waals surface area contributed by atoms with E-state index in [0.717, 1.165) is 12.1 Å². The number of ether oxygens (including phenoxy) is 1. The van der Waals surface area contributed by atoms with Crippen LogP contribution in [0.4, 0.5) is 13.9 Å². The fourth-order valence-corrected chi connectivity index (χ4v) is 2.81. The summed E-state index contributed by atoms with van der Waals surface area (Å²) in [6.45, 7) is 1.63. The summed E-state index contributed by atoms with van der Waals surface area (Å²) < 4.78 is 31.8. The highest BCUT2D eigenvalue weighted by molar-refractivity contribution is 7.14. The van der Waals surface area contributed by atoms with Crippen LogP contribution in [0, 0.1) is 11.6 Å². The number of carbonyl (C=O) groups excluding carboxylic acids is 1. The summed E-state index contributed by atoms with van der Waals surface area (Å²) in [7, 11) is 0. The molecule has 1 atom stereocenters. The SMILES string of the molecule is CC(Oc1ccccc1)C(=O)Nc1nc(-c2ccc(F)c(F)c2)cs1. The van der Waals surface area contributed by atoms with Crippen molar-refractivity contribution in [3.8, 4) is 17.0 Å². The van der Waals surface area contributed by atoms with Gasteiger partial charge in [-0.05, 0) is 37.3 Å². The summed E-state index contributed by atoms with van der Waals surface area (Å²) >= 11 is 1.19. The van der Waals surface area contributed by atoms with E-state index < -0.39 is 17.7 Å². The Bertz CT molecular complexity index is 884. The molecule has 3 aromatic rings. The topological polar surface area (TPSA) is 51.2 Å². The van der Waals surface area contributed by atoms with Gasteiger partial charge in [0, 0.05) is 10.9 Å². The fraction of sp³-hybridized carbons (Fsp3) is 0.111. The van der Waals surface area contributed by atoms with Crippen molar-refractivity contribution in [3.05, 3.63) is 65.5 Å². The monoisotopic (exact) mass is 360 g/mol. The van der Waals surface area contributed by atoms with E-state index in [0.29, 0.717) is 22.1 Å². The third kappa shape index (κ3) is 4.19. The fourth-order valence-electron chi connectivity index (χ4n) is 2.08. The number of rotatable bonds is 5. The van der Waals surface area contributed by atoms with Gasteiger partial charge in [0.2, 0.25) is 0 Å². The van der Waals surface area contributed by atoms with Crippen LogP contribution in [0.25, 0.3) is 11.3 Å². The maximum absolute atomic E-state index is 13.3. The van der Waals surface area contributed by atoms with Crippen LogP contribution in [0.15, 0.2) is 53.9 Å². The zero-order chi connectivity index (χ0) is 17.8. The molecule has 2 aromatic carbocycles. The molecule has 0 radical (unpaired) electrons. The van der Waals surface area contributed by atoms with Gasteiger partial charge in [0.1, 0.15) is 5.75 Å². The Labute approximate surface area is 147 Å². The normalized spacial score (nSPS) is 11.8. The van der Waals surface area contributed by atoms with E-state index in [9.17, 15) is 13.6 Å². The molecule has 7 heteroatoms. The van der Waals surface area contributed by atoms with E-state index in [-0.39, 0.29) is 5.91 Å². The van der Waals surface area contributed by atoms with Crippen molar-refractivity contribution in [2.75, 3.05) is 5.32 Å².